The number of nitrogens with one attached hydrogen (secondary N) is 1. The van der Waals surface area contributed by atoms with Crippen molar-refractivity contribution < 1.29 is 10.0 Å². The molecule has 0 radical (unpaired) electrons. The van der Waals surface area contributed by atoms with Gasteiger partial charge in [0.2, 0.25) is 0 Å². The van der Waals surface area contributed by atoms with Gasteiger partial charge >= 0.3 is 0 Å². The molecule has 0 aliphatic rings. The van der Waals surface area contributed by atoms with E-state index in [1.54, 1.807) is 18.7 Å². The zero-order valence-electron chi connectivity index (χ0n) is 10.9. The number of amidine groups is 1. The average molecular weight is 253 g/mol. The topological polar surface area (TPSA) is 106 Å². The Morgan fingerprint density at radius 3 is 2.72 bits per heavy atom. The summed E-state index contributed by atoms with van der Waals surface area (Å²) in [5.74, 6) is 0.0237. The first-order valence-electron chi connectivity index (χ1n) is 5.72. The second-order valence-corrected chi connectivity index (χ2v) is 4.12. The molecule has 0 aliphatic heterocycles. The Bertz CT molecular complexity index is 464. The van der Waals surface area contributed by atoms with Gasteiger partial charge in [-0.05, 0) is 20.3 Å². The Morgan fingerprint density at radius 1 is 1.56 bits per heavy atom. The van der Waals surface area contributed by atoms with Crippen LogP contribution in [0.25, 0.3) is 0 Å². The molecular weight excluding hydrogens is 234 g/mol. The summed E-state index contributed by atoms with van der Waals surface area (Å²) in [5, 5.41) is 18.2. The van der Waals surface area contributed by atoms with Gasteiger partial charge in [-0.2, -0.15) is 5.10 Å². The molecule has 1 aromatic heterocycles. The molecule has 4 N–H and O–H groups in total. The molecule has 0 atom stereocenters. The molecule has 1 amide bonds. The van der Waals surface area contributed by atoms with Crippen molar-refractivity contribution in [2.45, 2.75) is 26.7 Å². The summed E-state index contributed by atoms with van der Waals surface area (Å²) < 4.78 is 1.68. The van der Waals surface area contributed by atoms with Crippen LogP contribution in [-0.2, 0) is 7.05 Å². The lowest BCUT2D eigenvalue weighted by atomic mass is 10.2. The number of hydrogen-bond acceptors (Lipinski definition) is 4. The summed E-state index contributed by atoms with van der Waals surface area (Å²) in [6.45, 7) is 4.13. The number of nitrogens with two attached hydrogens (primary N) is 1. The summed E-state index contributed by atoms with van der Waals surface area (Å²) >= 11 is 0. The first-order chi connectivity index (χ1) is 8.47. The third-order valence-electron chi connectivity index (χ3n) is 2.76. The fourth-order valence-corrected chi connectivity index (χ4v) is 1.71. The molecule has 1 rings (SSSR count). The van der Waals surface area contributed by atoms with Crippen LogP contribution >= 0.6 is 0 Å². The van der Waals surface area contributed by atoms with Crippen molar-refractivity contribution in [2.75, 3.05) is 6.54 Å². The maximum atomic E-state index is 11.9. The van der Waals surface area contributed by atoms with Crippen molar-refractivity contribution in [1.29, 1.82) is 0 Å². The fourth-order valence-electron chi connectivity index (χ4n) is 1.71. The van der Waals surface area contributed by atoms with E-state index in [4.69, 9.17) is 10.9 Å². The van der Waals surface area contributed by atoms with Gasteiger partial charge in [-0.3, -0.25) is 9.48 Å². The highest BCUT2D eigenvalue weighted by atomic mass is 16.4. The Morgan fingerprint density at radius 2 is 2.22 bits per heavy atom. The lowest BCUT2D eigenvalue weighted by molar-refractivity contribution is 0.0952. The third-order valence-corrected chi connectivity index (χ3v) is 2.76. The summed E-state index contributed by atoms with van der Waals surface area (Å²) in [4.78, 5) is 11.9. The number of carbonyl (C=O) groups excluding carboxylic acids is 1. The molecule has 1 heterocycles. The molecule has 0 saturated carbocycles. The van der Waals surface area contributed by atoms with Crippen molar-refractivity contribution in [2.24, 2.45) is 17.9 Å². The Labute approximate surface area is 106 Å². The van der Waals surface area contributed by atoms with Crippen LogP contribution in [0.2, 0.25) is 0 Å². The zero-order chi connectivity index (χ0) is 13.7. The van der Waals surface area contributed by atoms with Crippen LogP contribution in [0.5, 0.6) is 0 Å². The van der Waals surface area contributed by atoms with Crippen LogP contribution in [0.15, 0.2) is 5.16 Å². The van der Waals surface area contributed by atoms with Crippen molar-refractivity contribution in [3.63, 3.8) is 0 Å². The number of aryl methyl sites for hydroxylation is 2. The predicted octanol–water partition coefficient (Wildman–Crippen LogP) is 0.293. The van der Waals surface area contributed by atoms with E-state index in [0.29, 0.717) is 30.6 Å². The average Bonchev–Trinajstić information content (AvgIpc) is 2.58. The molecule has 0 spiro atoms. The van der Waals surface area contributed by atoms with Gasteiger partial charge in [0, 0.05) is 25.7 Å². The normalized spacial score (nSPS) is 11.6. The second kappa shape index (κ2) is 6.04. The van der Waals surface area contributed by atoms with Crippen LogP contribution in [0.1, 0.15) is 34.6 Å². The highest BCUT2D eigenvalue weighted by molar-refractivity contribution is 5.96. The molecule has 18 heavy (non-hydrogen) atoms. The fraction of sp³-hybridized carbons (Fsp3) is 0.545. The molecule has 0 saturated heterocycles. The van der Waals surface area contributed by atoms with E-state index >= 15 is 0 Å². The Hall–Kier alpha value is -2.05. The number of carbonyl (C=O) groups is 1. The van der Waals surface area contributed by atoms with Gasteiger partial charge < -0.3 is 16.3 Å². The summed E-state index contributed by atoms with van der Waals surface area (Å²) in [7, 11) is 1.80. The number of oxime groups is 1. The van der Waals surface area contributed by atoms with Gasteiger partial charge in [0.25, 0.3) is 5.91 Å². The summed E-state index contributed by atoms with van der Waals surface area (Å²) in [6.07, 6.45) is 1.07. The van der Waals surface area contributed by atoms with Gasteiger partial charge in [-0.15, -0.1) is 0 Å². The predicted molar refractivity (Wildman–Crippen MR) is 67.7 cm³/mol. The number of aromatic nitrogens is 2. The quantitative estimate of drug-likeness (QED) is 0.230. The van der Waals surface area contributed by atoms with Crippen LogP contribution in [0.3, 0.4) is 0 Å². The van der Waals surface area contributed by atoms with Crippen LogP contribution in [0.4, 0.5) is 0 Å². The number of amides is 1. The molecule has 1 aromatic rings. The van der Waals surface area contributed by atoms with Gasteiger partial charge in [0.15, 0.2) is 0 Å². The van der Waals surface area contributed by atoms with Gasteiger partial charge in [-0.25, -0.2) is 0 Å². The molecule has 0 unspecified atom stereocenters. The van der Waals surface area contributed by atoms with E-state index in [2.05, 4.69) is 15.6 Å². The second-order valence-electron chi connectivity index (χ2n) is 4.12. The van der Waals surface area contributed by atoms with Crippen LogP contribution < -0.4 is 11.1 Å². The first-order valence-corrected chi connectivity index (χ1v) is 5.72. The molecule has 7 heteroatoms. The van der Waals surface area contributed by atoms with E-state index < -0.39 is 0 Å². The number of nitrogens with zero attached hydrogens (tertiary/aromatic N) is 3. The standard InChI is InChI=1S/C11H19N5O2/c1-7-10(8(2)16(3)14-7)11(17)13-6-4-5-9(12)15-18/h18H,4-6H2,1-3H3,(H2,12,15)(H,13,17). The highest BCUT2D eigenvalue weighted by Gasteiger charge is 2.16. The largest absolute Gasteiger partial charge is 0.409 e. The van der Waals surface area contributed by atoms with Crippen molar-refractivity contribution >= 4 is 11.7 Å². The van der Waals surface area contributed by atoms with Crippen molar-refractivity contribution in [1.82, 2.24) is 15.1 Å². The molecule has 0 fully saturated rings. The van der Waals surface area contributed by atoms with E-state index in [-0.39, 0.29) is 11.7 Å². The molecular formula is C11H19N5O2. The smallest absolute Gasteiger partial charge is 0.255 e. The molecule has 7 nitrogen and oxygen atoms in total. The summed E-state index contributed by atoms with van der Waals surface area (Å²) in [5.41, 5.74) is 7.49. The van der Waals surface area contributed by atoms with E-state index in [1.165, 1.54) is 0 Å². The van der Waals surface area contributed by atoms with Gasteiger partial charge in [-0.1, -0.05) is 5.16 Å². The highest BCUT2D eigenvalue weighted by Crippen LogP contribution is 2.11. The minimum atomic E-state index is -0.141. The lowest BCUT2D eigenvalue weighted by Crippen LogP contribution is -2.26. The van der Waals surface area contributed by atoms with Crippen molar-refractivity contribution in [3.8, 4) is 0 Å². The van der Waals surface area contributed by atoms with E-state index in [0.717, 1.165) is 5.69 Å². The van der Waals surface area contributed by atoms with Gasteiger partial charge in [0.1, 0.15) is 5.84 Å². The zero-order valence-corrected chi connectivity index (χ0v) is 10.9. The monoisotopic (exact) mass is 253 g/mol. The van der Waals surface area contributed by atoms with Crippen LogP contribution in [-0.4, -0.2) is 33.3 Å². The molecule has 0 bridgehead atoms. The lowest BCUT2D eigenvalue weighted by Gasteiger charge is -2.05. The molecule has 0 aromatic carbocycles. The maximum Gasteiger partial charge on any atom is 0.255 e. The minimum Gasteiger partial charge on any atom is -0.409 e. The molecule has 0 aliphatic carbocycles. The van der Waals surface area contributed by atoms with E-state index in [1.807, 2.05) is 6.92 Å². The number of hydrogen-bond donors (Lipinski definition) is 3. The SMILES string of the molecule is Cc1nn(C)c(C)c1C(=O)NCCCC(N)=NO. The Kier molecular flexibility index (Phi) is 4.70. The van der Waals surface area contributed by atoms with Gasteiger partial charge in [0.05, 0.1) is 11.3 Å². The first kappa shape index (κ1) is 14.0. The van der Waals surface area contributed by atoms with E-state index in [9.17, 15) is 4.79 Å². The Balaban J connectivity index is 2.51. The third kappa shape index (κ3) is 3.22. The van der Waals surface area contributed by atoms with Crippen molar-refractivity contribution in [3.05, 3.63) is 17.0 Å². The number of rotatable bonds is 5. The summed E-state index contributed by atoms with van der Waals surface area (Å²) in [6, 6.07) is 0. The minimum absolute atomic E-state index is 0.141. The van der Waals surface area contributed by atoms with Crippen LogP contribution in [0, 0.1) is 13.8 Å². The maximum absolute atomic E-state index is 11.9. The molecule has 100 valence electrons.